The Balaban J connectivity index is 1.34. The van der Waals surface area contributed by atoms with E-state index in [2.05, 4.69) is 44.8 Å². The molecule has 2 unspecified atom stereocenters. The van der Waals surface area contributed by atoms with Crippen LogP contribution in [0.5, 0.6) is 0 Å². The van der Waals surface area contributed by atoms with Crippen LogP contribution >= 0.6 is 0 Å². The monoisotopic (exact) mass is 411 g/mol. The van der Waals surface area contributed by atoms with Crippen molar-refractivity contribution in [1.82, 2.24) is 20.4 Å². The van der Waals surface area contributed by atoms with E-state index in [9.17, 15) is 13.2 Å². The number of aliphatic imine (C=N–C) groups is 1. The summed E-state index contributed by atoms with van der Waals surface area (Å²) >= 11 is 0. The normalized spacial score (nSPS) is 24.2. The lowest BCUT2D eigenvalue weighted by Crippen LogP contribution is -2.46. The Morgan fingerprint density at radius 1 is 1.10 bits per heavy atom. The Kier molecular flexibility index (Phi) is 7.77. The maximum absolute atomic E-state index is 12.5. The van der Waals surface area contributed by atoms with Crippen molar-refractivity contribution in [2.45, 2.75) is 31.5 Å². The first kappa shape index (κ1) is 21.9. The highest BCUT2D eigenvalue weighted by molar-refractivity contribution is 5.80. The molecule has 0 aliphatic carbocycles. The number of guanidine groups is 1. The maximum atomic E-state index is 12.5. The van der Waals surface area contributed by atoms with Crippen LogP contribution in [-0.4, -0.2) is 80.8 Å². The fourth-order valence-electron chi connectivity index (χ4n) is 4.19. The molecule has 2 aliphatic rings. The fourth-order valence-corrected chi connectivity index (χ4v) is 4.19. The number of alkyl halides is 3. The Hall–Kier alpha value is -1.80. The van der Waals surface area contributed by atoms with Crippen molar-refractivity contribution in [1.29, 1.82) is 0 Å². The third-order valence-electron chi connectivity index (χ3n) is 5.73. The minimum absolute atomic E-state index is 0.00880. The molecule has 0 amide bonds. The first-order valence-electron chi connectivity index (χ1n) is 10.4. The van der Waals surface area contributed by atoms with Gasteiger partial charge in [0.2, 0.25) is 0 Å². The van der Waals surface area contributed by atoms with Crippen LogP contribution in [0.3, 0.4) is 0 Å². The van der Waals surface area contributed by atoms with E-state index in [-0.39, 0.29) is 6.04 Å². The number of likely N-dealkylation sites (tertiary alicyclic amines) is 2. The molecular weight excluding hydrogens is 379 g/mol. The van der Waals surface area contributed by atoms with Crippen LogP contribution in [0.15, 0.2) is 35.3 Å². The van der Waals surface area contributed by atoms with Crippen LogP contribution < -0.4 is 10.6 Å². The van der Waals surface area contributed by atoms with Crippen molar-refractivity contribution in [3.63, 3.8) is 0 Å². The zero-order valence-corrected chi connectivity index (χ0v) is 17.1. The number of nitrogens with one attached hydrogen (secondary N) is 2. The number of benzene rings is 1. The molecule has 2 saturated heterocycles. The number of rotatable bonds is 7. The molecule has 2 atom stereocenters. The highest BCUT2D eigenvalue weighted by Gasteiger charge is 2.34. The van der Waals surface area contributed by atoms with Crippen molar-refractivity contribution in [2.75, 3.05) is 52.9 Å². The Bertz CT molecular complexity index is 649. The van der Waals surface area contributed by atoms with Crippen LogP contribution in [0.4, 0.5) is 13.2 Å². The molecule has 162 valence electrons. The minimum Gasteiger partial charge on any atom is -0.356 e. The number of halogens is 3. The van der Waals surface area contributed by atoms with Crippen LogP contribution in [0, 0.1) is 5.92 Å². The highest BCUT2D eigenvalue weighted by Crippen LogP contribution is 2.20. The van der Waals surface area contributed by atoms with Crippen molar-refractivity contribution in [2.24, 2.45) is 10.9 Å². The fraction of sp³-hybridized carbons (Fsp3) is 0.667. The number of hydrogen-bond donors (Lipinski definition) is 2. The van der Waals surface area contributed by atoms with Crippen LogP contribution in [0.25, 0.3) is 0 Å². The predicted octanol–water partition coefficient (Wildman–Crippen LogP) is 2.35. The molecule has 2 aliphatic heterocycles. The van der Waals surface area contributed by atoms with Gasteiger partial charge in [-0.25, -0.2) is 0 Å². The molecule has 1 aromatic carbocycles. The molecule has 1 aromatic rings. The van der Waals surface area contributed by atoms with Gasteiger partial charge in [-0.05, 0) is 37.3 Å². The van der Waals surface area contributed by atoms with E-state index in [1.807, 2.05) is 6.07 Å². The second kappa shape index (κ2) is 10.3. The summed E-state index contributed by atoms with van der Waals surface area (Å²) in [6.07, 6.45) is -1.21. The van der Waals surface area contributed by atoms with Gasteiger partial charge < -0.3 is 15.5 Å². The van der Waals surface area contributed by atoms with E-state index in [0.717, 1.165) is 39.0 Å². The Labute approximate surface area is 171 Å². The van der Waals surface area contributed by atoms with Gasteiger partial charge in [0.05, 0.1) is 6.54 Å². The molecular formula is C21H32F3N5. The van der Waals surface area contributed by atoms with E-state index in [0.29, 0.717) is 31.4 Å². The Morgan fingerprint density at radius 2 is 1.86 bits per heavy atom. The summed E-state index contributed by atoms with van der Waals surface area (Å²) < 4.78 is 37.6. The topological polar surface area (TPSA) is 42.9 Å². The quantitative estimate of drug-likeness (QED) is 0.534. The van der Waals surface area contributed by atoms with Crippen molar-refractivity contribution in [3.05, 3.63) is 35.9 Å². The maximum Gasteiger partial charge on any atom is 0.401 e. The lowest BCUT2D eigenvalue weighted by molar-refractivity contribution is -0.143. The van der Waals surface area contributed by atoms with E-state index in [1.54, 1.807) is 7.05 Å². The molecule has 2 heterocycles. The first-order valence-corrected chi connectivity index (χ1v) is 10.4. The smallest absolute Gasteiger partial charge is 0.356 e. The number of hydrogen-bond acceptors (Lipinski definition) is 3. The molecule has 8 heteroatoms. The Morgan fingerprint density at radius 3 is 2.59 bits per heavy atom. The summed E-state index contributed by atoms with van der Waals surface area (Å²) in [7, 11) is 1.71. The second-order valence-corrected chi connectivity index (χ2v) is 8.12. The molecule has 0 bridgehead atoms. The third-order valence-corrected chi connectivity index (χ3v) is 5.73. The molecule has 0 aromatic heterocycles. The van der Waals surface area contributed by atoms with Crippen LogP contribution in [-0.2, 0) is 6.42 Å². The van der Waals surface area contributed by atoms with Crippen molar-refractivity contribution >= 4 is 5.96 Å². The van der Waals surface area contributed by atoms with Gasteiger partial charge in [0, 0.05) is 45.8 Å². The molecule has 0 spiro atoms. The van der Waals surface area contributed by atoms with Crippen molar-refractivity contribution in [3.8, 4) is 0 Å². The van der Waals surface area contributed by atoms with Gasteiger partial charge in [0.15, 0.2) is 5.96 Å². The van der Waals surface area contributed by atoms with E-state index >= 15 is 0 Å². The van der Waals surface area contributed by atoms with Gasteiger partial charge in [-0.15, -0.1) is 0 Å². The van der Waals surface area contributed by atoms with Gasteiger partial charge in [-0.1, -0.05) is 30.3 Å². The average Bonchev–Trinajstić information content (AvgIpc) is 3.32. The van der Waals surface area contributed by atoms with Gasteiger partial charge in [0.25, 0.3) is 0 Å². The molecule has 5 nitrogen and oxygen atoms in total. The van der Waals surface area contributed by atoms with E-state index in [4.69, 9.17) is 0 Å². The van der Waals surface area contributed by atoms with Crippen LogP contribution in [0.2, 0.25) is 0 Å². The molecule has 2 fully saturated rings. The second-order valence-electron chi connectivity index (χ2n) is 8.12. The molecule has 29 heavy (non-hydrogen) atoms. The van der Waals surface area contributed by atoms with E-state index < -0.39 is 12.7 Å². The summed E-state index contributed by atoms with van der Waals surface area (Å²) in [5.74, 6) is 1.25. The molecule has 2 N–H and O–H groups in total. The summed E-state index contributed by atoms with van der Waals surface area (Å²) in [5, 5.41) is 6.65. The minimum atomic E-state index is -4.14. The van der Waals surface area contributed by atoms with Crippen LogP contribution in [0.1, 0.15) is 18.4 Å². The predicted molar refractivity (Wildman–Crippen MR) is 110 cm³/mol. The highest BCUT2D eigenvalue weighted by atomic mass is 19.4. The molecule has 3 rings (SSSR count). The molecule has 0 radical (unpaired) electrons. The lowest BCUT2D eigenvalue weighted by atomic mass is 10.1. The molecule has 0 saturated carbocycles. The first-order chi connectivity index (χ1) is 13.9. The van der Waals surface area contributed by atoms with Gasteiger partial charge >= 0.3 is 6.18 Å². The van der Waals surface area contributed by atoms with Gasteiger partial charge in [-0.2, -0.15) is 13.2 Å². The largest absolute Gasteiger partial charge is 0.401 e. The van der Waals surface area contributed by atoms with Gasteiger partial charge in [0.1, 0.15) is 0 Å². The summed E-state index contributed by atoms with van der Waals surface area (Å²) in [6, 6.07) is 10.6. The lowest BCUT2D eigenvalue weighted by Gasteiger charge is -2.21. The SMILES string of the molecule is CN=C(NCC1CCN(CCc2ccccc2)C1)NC1CCN(CC(F)(F)F)C1. The summed E-state index contributed by atoms with van der Waals surface area (Å²) in [5.41, 5.74) is 1.37. The summed E-state index contributed by atoms with van der Waals surface area (Å²) in [6.45, 7) is 4.12. The third kappa shape index (κ3) is 7.51. The van der Waals surface area contributed by atoms with Crippen molar-refractivity contribution < 1.29 is 13.2 Å². The van der Waals surface area contributed by atoms with Gasteiger partial charge in [-0.3, -0.25) is 9.89 Å². The van der Waals surface area contributed by atoms with E-state index in [1.165, 1.54) is 10.5 Å². The average molecular weight is 412 g/mol. The zero-order chi connectivity index (χ0) is 20.7. The standard InChI is InChI=1S/C21H32F3N5/c1-25-20(27-19-9-12-29(15-19)16-21(22,23)24)26-13-18-8-11-28(14-18)10-7-17-5-3-2-4-6-17/h2-6,18-19H,7-16H2,1H3,(H2,25,26,27). The zero-order valence-electron chi connectivity index (χ0n) is 17.1. The number of nitrogens with zero attached hydrogens (tertiary/aromatic N) is 3. The summed E-state index contributed by atoms with van der Waals surface area (Å²) in [4.78, 5) is 8.20.